The first-order valence-corrected chi connectivity index (χ1v) is 15.1. The van der Waals surface area contributed by atoms with E-state index in [0.717, 1.165) is 16.7 Å². The largest absolute Gasteiger partial charge is 0.207 e. The van der Waals surface area contributed by atoms with E-state index in [0.29, 0.717) is 23.3 Å². The molecule has 0 heterocycles. The van der Waals surface area contributed by atoms with Gasteiger partial charge in [0, 0.05) is 5.56 Å². The molecular formula is C39H46F5N. The van der Waals surface area contributed by atoms with Crippen molar-refractivity contribution in [3.8, 4) is 6.07 Å². The minimum absolute atomic E-state index is 0.0967. The van der Waals surface area contributed by atoms with E-state index in [1.165, 1.54) is 42.8 Å². The van der Waals surface area contributed by atoms with E-state index >= 15 is 0 Å². The van der Waals surface area contributed by atoms with E-state index < -0.39 is 17.5 Å². The first-order chi connectivity index (χ1) is 21.0. The predicted molar refractivity (Wildman–Crippen MR) is 176 cm³/mol. The smallest absolute Gasteiger partial charge is 0.140 e. The van der Waals surface area contributed by atoms with Crippen molar-refractivity contribution in [3.05, 3.63) is 141 Å². The van der Waals surface area contributed by atoms with Crippen molar-refractivity contribution < 1.29 is 22.0 Å². The van der Waals surface area contributed by atoms with Crippen molar-refractivity contribution in [3.63, 3.8) is 0 Å². The summed E-state index contributed by atoms with van der Waals surface area (Å²) in [6.45, 7) is 19.3. The third kappa shape index (κ3) is 13.3. The van der Waals surface area contributed by atoms with Gasteiger partial charge in [-0.1, -0.05) is 85.7 Å². The molecule has 0 unspecified atom stereocenters. The quantitative estimate of drug-likeness (QED) is 0.208. The Balaban J connectivity index is 0.000000301. The summed E-state index contributed by atoms with van der Waals surface area (Å²) in [6.07, 6.45) is 0. The van der Waals surface area contributed by atoms with Crippen molar-refractivity contribution in [2.24, 2.45) is 0 Å². The number of halogens is 5. The van der Waals surface area contributed by atoms with Gasteiger partial charge in [-0.25, -0.2) is 22.0 Å². The van der Waals surface area contributed by atoms with Gasteiger partial charge < -0.3 is 0 Å². The lowest BCUT2D eigenvalue weighted by Crippen LogP contribution is -1.94. The third-order valence-electron chi connectivity index (χ3n) is 7.15. The maximum atomic E-state index is 13.0. The van der Waals surface area contributed by atoms with Crippen LogP contribution in [0.2, 0.25) is 0 Å². The summed E-state index contributed by atoms with van der Waals surface area (Å²) in [7, 11) is 0. The van der Waals surface area contributed by atoms with Crippen LogP contribution in [0.3, 0.4) is 0 Å². The van der Waals surface area contributed by atoms with Crippen LogP contribution in [0.25, 0.3) is 0 Å². The first-order valence-electron chi connectivity index (χ1n) is 15.1. The second-order valence-electron chi connectivity index (χ2n) is 12.1. The fourth-order valence-electron chi connectivity index (χ4n) is 3.80. The molecule has 242 valence electrons. The minimum Gasteiger partial charge on any atom is -0.207 e. The second kappa shape index (κ2) is 18.7. The molecule has 0 aliphatic carbocycles. The van der Waals surface area contributed by atoms with Crippen molar-refractivity contribution in [1.29, 1.82) is 5.26 Å². The number of nitriles is 1. The van der Waals surface area contributed by atoms with Gasteiger partial charge >= 0.3 is 0 Å². The molecule has 4 rings (SSSR count). The minimum atomic E-state index is -0.460. The second-order valence-corrected chi connectivity index (χ2v) is 12.1. The lowest BCUT2D eigenvalue weighted by Gasteiger charge is -2.07. The maximum Gasteiger partial charge on any atom is 0.140 e. The fourth-order valence-corrected chi connectivity index (χ4v) is 3.80. The zero-order chi connectivity index (χ0) is 34.4. The van der Waals surface area contributed by atoms with E-state index in [1.54, 1.807) is 25.1 Å². The molecular weight excluding hydrogens is 577 g/mol. The standard InChI is InChI=1S/C10H12F2.C10H10FN.C10H13F.C9H11F/c1-6(2)8-4-9(11)7(3)10(12)5-8;1-7(2)8-3-4-10(11)9(5-8)6-12;1-7(2)9-5-4-8(3)10(11)6-9;1-7(2)8-3-5-9(10)6-4-8/h4-6H,1-3H3;3-5,7H,1-2H3;4-7H,1-3H3;3-7H,1-2H3. The highest BCUT2D eigenvalue weighted by atomic mass is 19.1. The van der Waals surface area contributed by atoms with Crippen LogP contribution in [0.1, 0.15) is 118 Å². The molecule has 6 heteroatoms. The zero-order valence-electron chi connectivity index (χ0n) is 28.1. The van der Waals surface area contributed by atoms with Crippen molar-refractivity contribution in [2.75, 3.05) is 0 Å². The Morgan fingerprint density at radius 3 is 1.29 bits per heavy atom. The molecule has 0 amide bonds. The van der Waals surface area contributed by atoms with Crippen molar-refractivity contribution in [1.82, 2.24) is 0 Å². The van der Waals surface area contributed by atoms with E-state index in [4.69, 9.17) is 5.26 Å². The summed E-state index contributed by atoms with van der Waals surface area (Å²) in [6, 6.07) is 21.3. The van der Waals surface area contributed by atoms with Gasteiger partial charge in [0.25, 0.3) is 0 Å². The molecule has 1 nitrogen and oxygen atoms in total. The highest BCUT2D eigenvalue weighted by molar-refractivity contribution is 5.35. The maximum absolute atomic E-state index is 13.0. The third-order valence-corrected chi connectivity index (χ3v) is 7.15. The van der Waals surface area contributed by atoms with Crippen molar-refractivity contribution in [2.45, 2.75) is 92.9 Å². The van der Waals surface area contributed by atoms with Gasteiger partial charge in [0.2, 0.25) is 0 Å². The summed E-state index contributed by atoms with van der Waals surface area (Å²) in [5.41, 5.74) is 4.88. The highest BCUT2D eigenvalue weighted by Crippen LogP contribution is 2.21. The number of hydrogen-bond acceptors (Lipinski definition) is 1. The number of rotatable bonds is 4. The SMILES string of the molecule is CC(C)c1ccc(F)c(C#N)c1.CC(C)c1ccc(F)cc1.Cc1c(F)cc(C(C)C)cc1F.Cc1ccc(C(C)C)cc1F. The molecule has 0 radical (unpaired) electrons. The normalized spacial score (nSPS) is 10.4. The Kier molecular flexibility index (Phi) is 16.3. The summed E-state index contributed by atoms with van der Waals surface area (Å²) in [4.78, 5) is 0. The van der Waals surface area contributed by atoms with Gasteiger partial charge in [-0.2, -0.15) is 5.26 Å². The average Bonchev–Trinajstić information content (AvgIpc) is 2.98. The molecule has 0 aliphatic heterocycles. The Morgan fingerprint density at radius 2 is 0.867 bits per heavy atom. The van der Waals surface area contributed by atoms with Crippen LogP contribution >= 0.6 is 0 Å². The number of hydrogen-bond donors (Lipinski definition) is 0. The molecule has 0 saturated heterocycles. The monoisotopic (exact) mass is 623 g/mol. The van der Waals surface area contributed by atoms with Crippen molar-refractivity contribution >= 4 is 0 Å². The van der Waals surface area contributed by atoms with Gasteiger partial charge in [-0.05, 0) is 108 Å². The van der Waals surface area contributed by atoms with Crippen LogP contribution in [-0.4, -0.2) is 0 Å². The van der Waals surface area contributed by atoms with Crippen LogP contribution in [0.4, 0.5) is 22.0 Å². The number of benzene rings is 4. The summed E-state index contributed by atoms with van der Waals surface area (Å²) >= 11 is 0. The van der Waals surface area contributed by atoms with E-state index in [-0.39, 0.29) is 28.7 Å². The molecule has 0 atom stereocenters. The summed E-state index contributed by atoms with van der Waals surface area (Å²) in [5, 5.41) is 8.53. The molecule has 0 aromatic heterocycles. The van der Waals surface area contributed by atoms with Gasteiger partial charge in [0.1, 0.15) is 35.2 Å². The van der Waals surface area contributed by atoms with E-state index in [1.807, 2.05) is 58.0 Å². The molecule has 0 N–H and O–H groups in total. The topological polar surface area (TPSA) is 23.8 Å². The summed E-state index contributed by atoms with van der Waals surface area (Å²) < 4.78 is 64.0. The van der Waals surface area contributed by atoms with E-state index in [9.17, 15) is 22.0 Å². The van der Waals surface area contributed by atoms with Crippen LogP contribution in [-0.2, 0) is 0 Å². The number of aryl methyl sites for hydroxylation is 1. The predicted octanol–water partition coefficient (Wildman–Crippen LogP) is 12.4. The van der Waals surface area contributed by atoms with Crippen LogP contribution < -0.4 is 0 Å². The van der Waals surface area contributed by atoms with Gasteiger partial charge in [0.15, 0.2) is 0 Å². The highest BCUT2D eigenvalue weighted by Gasteiger charge is 2.08. The molecule has 0 bridgehead atoms. The Bertz CT molecular complexity index is 1510. The van der Waals surface area contributed by atoms with Gasteiger partial charge in [0.05, 0.1) is 5.56 Å². The number of nitrogens with zero attached hydrogens (tertiary/aromatic N) is 1. The van der Waals surface area contributed by atoms with Crippen LogP contribution in [0.5, 0.6) is 0 Å². The van der Waals surface area contributed by atoms with Gasteiger partial charge in [-0.3, -0.25) is 0 Å². The molecule has 0 spiro atoms. The molecule has 0 aliphatic rings. The fraction of sp³-hybridized carbons (Fsp3) is 0.359. The summed E-state index contributed by atoms with van der Waals surface area (Å²) in [5.74, 6) is -0.238. The molecule has 45 heavy (non-hydrogen) atoms. The lowest BCUT2D eigenvalue weighted by molar-refractivity contribution is 0.562. The first kappa shape index (κ1) is 39.0. The lowest BCUT2D eigenvalue weighted by atomic mass is 10.0. The average molecular weight is 624 g/mol. The van der Waals surface area contributed by atoms with E-state index in [2.05, 4.69) is 27.7 Å². The van der Waals surface area contributed by atoms with Gasteiger partial charge in [-0.15, -0.1) is 0 Å². The molecule has 4 aromatic carbocycles. The van der Waals surface area contributed by atoms with Crippen LogP contribution in [0.15, 0.2) is 72.8 Å². The zero-order valence-corrected chi connectivity index (χ0v) is 28.1. The Hall–Kier alpha value is -3.98. The van der Waals surface area contributed by atoms with Crippen LogP contribution in [0, 0.1) is 54.3 Å². The Morgan fingerprint density at radius 1 is 0.467 bits per heavy atom. The Labute approximate surface area is 266 Å². The molecule has 4 aromatic rings. The molecule has 0 fully saturated rings. The molecule has 0 saturated carbocycles.